The van der Waals surface area contributed by atoms with Crippen LogP contribution in [0.4, 0.5) is 0 Å². The van der Waals surface area contributed by atoms with Gasteiger partial charge in [-0.05, 0) is 350 Å². The van der Waals surface area contributed by atoms with E-state index in [2.05, 4.69) is 156 Å². The molecule has 29 atom stereocenters. The fourth-order valence-corrected chi connectivity index (χ4v) is 28.4. The summed E-state index contributed by atoms with van der Waals surface area (Å²) in [5.74, 6) is 12.2. The largest absolute Gasteiger partial charge is 1.00 e. The second-order valence-corrected chi connectivity index (χ2v) is 39.4. The zero-order chi connectivity index (χ0) is 70.3. The van der Waals surface area contributed by atoms with Crippen molar-refractivity contribution in [3.8, 4) is 0 Å². The van der Waals surface area contributed by atoms with E-state index in [0.717, 1.165) is 108 Å². The smallest absolute Gasteiger partial charge is 1.00 e. The summed E-state index contributed by atoms with van der Waals surface area (Å²) in [6.45, 7) is 28.4. The number of aliphatic hydroxyl groups excluding tert-OH is 2. The van der Waals surface area contributed by atoms with Crippen LogP contribution >= 0.6 is 0 Å². The Morgan fingerprint density at radius 1 is 0.376 bits per heavy atom. The van der Waals surface area contributed by atoms with Crippen LogP contribution in [-0.2, 0) is 4.79 Å². The third-order valence-corrected chi connectivity index (χ3v) is 34.3. The van der Waals surface area contributed by atoms with Gasteiger partial charge in [-0.25, -0.2) is 0 Å². The Labute approximate surface area is 639 Å². The molecular formula is C93H137BNaO6. The Morgan fingerprint density at radius 2 is 0.663 bits per heavy atom. The number of benzene rings is 3. The minimum Gasteiger partial charge on any atom is -1.00 e. The minimum absolute atomic E-state index is 0. The zero-order valence-electron chi connectivity index (χ0n) is 66.5. The average molecular weight is 1380 g/mol. The van der Waals surface area contributed by atoms with E-state index in [1.807, 2.05) is 54.6 Å². The third kappa shape index (κ3) is 15.3. The molecule has 0 aliphatic heterocycles. The second-order valence-electron chi connectivity index (χ2n) is 39.4. The molecule has 6 nitrogen and oxygen atoms in total. The Balaban J connectivity index is 0.000000162. The van der Waals surface area contributed by atoms with Crippen LogP contribution in [0.1, 0.15) is 275 Å². The summed E-state index contributed by atoms with van der Waals surface area (Å²) in [5, 5.41) is 54.5. The van der Waals surface area contributed by atoms with Crippen LogP contribution in [0.25, 0.3) is 18.2 Å². The number of ketones is 1. The van der Waals surface area contributed by atoms with E-state index in [1.165, 1.54) is 135 Å². The topological polar surface area (TPSA) is 118 Å². The van der Waals surface area contributed by atoms with Crippen molar-refractivity contribution in [2.24, 2.45) is 139 Å². The van der Waals surface area contributed by atoms with Gasteiger partial charge in [-0.3, -0.25) is 4.79 Å². The number of allylic oxidation sites excluding steroid dienone is 1. The van der Waals surface area contributed by atoms with Crippen molar-refractivity contribution in [3.63, 3.8) is 0 Å². The van der Waals surface area contributed by atoms with Crippen LogP contribution in [0.3, 0.4) is 0 Å². The molecule has 0 heterocycles. The molecule has 3 radical (unpaired) electrons. The van der Waals surface area contributed by atoms with Crippen molar-refractivity contribution in [3.05, 3.63) is 126 Å². The molecule has 0 aromatic heterocycles. The van der Waals surface area contributed by atoms with E-state index in [1.54, 1.807) is 0 Å². The van der Waals surface area contributed by atoms with Crippen LogP contribution in [0.5, 0.6) is 0 Å². The first-order valence-corrected chi connectivity index (χ1v) is 41.2. The van der Waals surface area contributed by atoms with E-state index in [0.29, 0.717) is 85.6 Å². The first kappa shape index (κ1) is 79.5. The minimum atomic E-state index is -0.457. The van der Waals surface area contributed by atoms with Gasteiger partial charge in [-0.15, -0.1) is 0 Å². The molecule has 15 rings (SSSR count). The number of carbonyl (C=O) groups is 1. The van der Waals surface area contributed by atoms with Gasteiger partial charge < -0.3 is 27.0 Å². The summed E-state index contributed by atoms with van der Waals surface area (Å²) < 4.78 is 0. The van der Waals surface area contributed by atoms with Crippen molar-refractivity contribution >= 4 is 32.4 Å². The molecule has 0 unspecified atom stereocenters. The zero-order valence-corrected chi connectivity index (χ0v) is 67.5. The SMILES string of the molecule is C[C@@H]([C@H]1CC[C@H]2[C@@H]3CC[C@H]4C[C@@](C)(O)CC[C@]4(C)[C@H]3CC[C@]12C)[C@@H](O)/C=C/c1ccccc1.C[C@H](C(=O)/C=C/c1ccccc1)[C@H]1CC[C@H]2[C@@H]3CC[C@H]4C[C@@](C)(O)CC[C@]4(C)[C@H]3CC[C@]12C.C[C@H]([C@H](O)/C=C/c1ccccc1)[C@H]1CC[C@H]2[C@@H]3CC[C@H]4C[C@@](C)(O)CC[C@]4(C)[C@H]3CC[C@]12C.[B].[H-].[Na+]. The van der Waals surface area contributed by atoms with Gasteiger partial charge in [0.2, 0.25) is 0 Å². The number of aliphatic hydroxyl groups is 5. The average Bonchev–Trinajstić information content (AvgIpc) is 1.38. The van der Waals surface area contributed by atoms with Gasteiger partial charge in [0.15, 0.2) is 5.78 Å². The molecular weight excluding hydrogens is 1250 g/mol. The van der Waals surface area contributed by atoms with Gasteiger partial charge in [0, 0.05) is 14.3 Å². The maximum atomic E-state index is 13.2. The van der Waals surface area contributed by atoms with Gasteiger partial charge in [0.05, 0.1) is 29.0 Å². The van der Waals surface area contributed by atoms with E-state index >= 15 is 0 Å². The molecule has 12 aliphatic carbocycles. The Kier molecular flexibility index (Phi) is 24.2. The molecule has 3 aromatic carbocycles. The van der Waals surface area contributed by atoms with Crippen molar-refractivity contribution in [1.82, 2.24) is 0 Å². The summed E-state index contributed by atoms with van der Waals surface area (Å²) >= 11 is 0. The van der Waals surface area contributed by atoms with Crippen LogP contribution in [0, 0.1) is 139 Å². The normalized spacial score (nSPS) is 45.6. The molecule has 3 aromatic rings. The Hall–Kier alpha value is -2.59. The number of hydrogen-bond donors (Lipinski definition) is 5. The molecule has 12 aliphatic rings. The molecule has 0 saturated heterocycles. The van der Waals surface area contributed by atoms with Gasteiger partial charge in [0.1, 0.15) is 0 Å². The molecule has 549 valence electrons. The molecule has 5 N–H and O–H groups in total. The predicted molar refractivity (Wildman–Crippen MR) is 415 cm³/mol. The number of rotatable bonds is 12. The molecule has 12 fully saturated rings. The van der Waals surface area contributed by atoms with Crippen LogP contribution in [-0.4, -0.2) is 68.7 Å². The Bertz CT molecular complexity index is 3190. The molecule has 12 saturated carbocycles. The number of fused-ring (bicyclic) bond motifs is 15. The maximum Gasteiger partial charge on any atom is 1.00 e. The first-order valence-electron chi connectivity index (χ1n) is 41.2. The van der Waals surface area contributed by atoms with Crippen LogP contribution < -0.4 is 29.6 Å². The molecule has 0 bridgehead atoms. The molecule has 8 heteroatoms. The van der Waals surface area contributed by atoms with Crippen LogP contribution in [0.2, 0.25) is 0 Å². The summed E-state index contributed by atoms with van der Waals surface area (Å²) in [6, 6.07) is 30.9. The number of carbonyl (C=O) groups excluding carboxylic acids is 1. The first-order chi connectivity index (χ1) is 46.9. The van der Waals surface area contributed by atoms with E-state index < -0.39 is 16.8 Å². The second kappa shape index (κ2) is 30.8. The van der Waals surface area contributed by atoms with Gasteiger partial charge in [0.25, 0.3) is 0 Å². The number of hydrogen-bond acceptors (Lipinski definition) is 6. The fourth-order valence-electron chi connectivity index (χ4n) is 28.4. The van der Waals surface area contributed by atoms with Crippen molar-refractivity contribution < 1.29 is 61.3 Å². The summed E-state index contributed by atoms with van der Waals surface area (Å²) in [7, 11) is 0. The van der Waals surface area contributed by atoms with Crippen molar-refractivity contribution in [2.75, 3.05) is 0 Å². The Morgan fingerprint density at radius 3 is 0.990 bits per heavy atom. The van der Waals surface area contributed by atoms with E-state index in [9.17, 15) is 30.3 Å². The van der Waals surface area contributed by atoms with Crippen molar-refractivity contribution in [2.45, 2.75) is 285 Å². The predicted octanol–water partition coefficient (Wildman–Crippen LogP) is 18.3. The summed E-state index contributed by atoms with van der Waals surface area (Å²) in [4.78, 5) is 13.2. The standard InChI is InChI=1S/2C31H46O2.C31H44O2.B.Na.H/c3*1-21(28(32)15-10-22-8-6-5-7-9-22)25-13-14-26-24-12-11-23-20-29(2,33)18-19-30(23,3)27(24)16-17-31(25,26)4;;;/h2*5-10,15,21,23-28,32-33H,11-14,16-20H2,1-4H3;5-10,15,21,23-27,33H,11-14,16-20H2,1-4H3;;;/q;;;;+1;-1/b3*15-10+;;;/t21-,23-,24-,25+,26-,27-,28+,29-,30-,31+;21-,23-,24-,25+,26-,27-,28-,29-,30-,31+;21-,23-,24-,25+,26-,27-,29-,30-,31+;;;/m000.../s1. The van der Waals surface area contributed by atoms with Gasteiger partial charge in [-0.1, -0.05) is 184 Å². The monoisotopic (exact) mass is 1380 g/mol. The summed E-state index contributed by atoms with van der Waals surface area (Å²) in [6.07, 6.45) is 44.5. The van der Waals surface area contributed by atoms with Crippen LogP contribution in [0.15, 0.2) is 109 Å². The van der Waals surface area contributed by atoms with Gasteiger partial charge >= 0.3 is 29.6 Å². The molecule has 0 spiro atoms. The van der Waals surface area contributed by atoms with Gasteiger partial charge in [-0.2, -0.15) is 0 Å². The fraction of sp³-hybridized carbons (Fsp3) is 0.731. The molecule has 0 amide bonds. The maximum absolute atomic E-state index is 13.2. The third-order valence-electron chi connectivity index (χ3n) is 34.3. The van der Waals surface area contributed by atoms with E-state index in [4.69, 9.17) is 0 Å². The van der Waals surface area contributed by atoms with Crippen molar-refractivity contribution in [1.29, 1.82) is 0 Å². The molecule has 101 heavy (non-hydrogen) atoms. The quantitative estimate of drug-likeness (QED) is 0.0911. The van der Waals surface area contributed by atoms with E-state index in [-0.39, 0.29) is 57.5 Å². The summed E-state index contributed by atoms with van der Waals surface area (Å²) in [5.41, 5.74) is 4.37.